The smallest absolute Gasteiger partial charge is 0.191 e. The summed E-state index contributed by atoms with van der Waals surface area (Å²) in [6, 6.07) is 6.48. The zero-order valence-corrected chi connectivity index (χ0v) is 12.9. The van der Waals surface area contributed by atoms with E-state index < -0.39 is 0 Å². The van der Waals surface area contributed by atoms with Gasteiger partial charge in [-0.15, -0.1) is 0 Å². The summed E-state index contributed by atoms with van der Waals surface area (Å²) in [5, 5.41) is 0. The molecule has 1 aromatic carbocycles. The van der Waals surface area contributed by atoms with Gasteiger partial charge in [0, 0.05) is 32.9 Å². The van der Waals surface area contributed by atoms with Crippen LogP contribution in [0, 0.1) is 6.92 Å². The van der Waals surface area contributed by atoms with Gasteiger partial charge in [-0.25, -0.2) is 4.99 Å². The van der Waals surface area contributed by atoms with Gasteiger partial charge in [0.2, 0.25) is 0 Å². The summed E-state index contributed by atoms with van der Waals surface area (Å²) in [5.41, 5.74) is 9.83. The minimum absolute atomic E-state index is 0.669. The molecule has 0 saturated carbocycles. The summed E-state index contributed by atoms with van der Waals surface area (Å²) in [6.07, 6.45) is 3.77. The van der Waals surface area contributed by atoms with Crippen molar-refractivity contribution in [3.63, 3.8) is 0 Å². The molecule has 2 N–H and O–H groups in total. The van der Waals surface area contributed by atoms with E-state index >= 15 is 0 Å². The van der Waals surface area contributed by atoms with Gasteiger partial charge >= 0.3 is 0 Å². The Bertz CT molecular complexity index is 473. The highest BCUT2D eigenvalue weighted by Gasteiger charge is 2.11. The number of benzene rings is 1. The Hall–Kier alpha value is -1.71. The van der Waals surface area contributed by atoms with Crippen LogP contribution < -0.4 is 10.6 Å². The fourth-order valence-corrected chi connectivity index (χ4v) is 2.52. The fourth-order valence-electron chi connectivity index (χ4n) is 2.52. The highest BCUT2D eigenvalue weighted by atomic mass is 15.2. The second kappa shape index (κ2) is 6.64. The van der Waals surface area contributed by atoms with E-state index in [-0.39, 0.29) is 0 Å². The van der Waals surface area contributed by atoms with Crippen LogP contribution in [0.1, 0.15) is 30.4 Å². The van der Waals surface area contributed by atoms with Crippen molar-refractivity contribution in [1.82, 2.24) is 4.90 Å². The molecule has 0 spiro atoms. The van der Waals surface area contributed by atoms with Crippen molar-refractivity contribution in [2.24, 2.45) is 10.7 Å². The van der Waals surface area contributed by atoms with E-state index in [1.54, 1.807) is 0 Å². The van der Waals surface area contributed by atoms with Crippen molar-refractivity contribution in [1.29, 1.82) is 0 Å². The molecule has 0 atom stereocenters. The summed E-state index contributed by atoms with van der Waals surface area (Å²) in [5.74, 6) is 0.695. The number of hydrogen-bond acceptors (Lipinski definition) is 2. The van der Waals surface area contributed by atoms with E-state index in [4.69, 9.17) is 5.73 Å². The highest BCUT2D eigenvalue weighted by molar-refractivity contribution is 5.78. The Balaban J connectivity index is 2.02. The first-order chi connectivity index (χ1) is 9.58. The van der Waals surface area contributed by atoms with Crippen LogP contribution in [0.3, 0.4) is 0 Å². The Morgan fingerprint density at radius 3 is 2.55 bits per heavy atom. The zero-order chi connectivity index (χ0) is 14.5. The summed E-state index contributed by atoms with van der Waals surface area (Å²) in [4.78, 5) is 8.87. The molecule has 0 radical (unpaired) electrons. The molecule has 4 heteroatoms. The first-order valence-electron chi connectivity index (χ1n) is 7.39. The molecule has 1 fully saturated rings. The number of anilines is 1. The van der Waals surface area contributed by atoms with Gasteiger partial charge in [0.15, 0.2) is 5.96 Å². The fraction of sp³-hybridized carbons (Fsp3) is 0.562. The molecule has 1 heterocycles. The van der Waals surface area contributed by atoms with E-state index in [1.165, 1.54) is 36.1 Å². The lowest BCUT2D eigenvalue weighted by Crippen LogP contribution is -2.40. The number of rotatable bonds is 3. The molecule has 1 aliphatic rings. The van der Waals surface area contributed by atoms with Gasteiger partial charge in [0.05, 0.1) is 6.54 Å². The Morgan fingerprint density at radius 1 is 1.25 bits per heavy atom. The van der Waals surface area contributed by atoms with E-state index in [1.807, 2.05) is 0 Å². The number of hydrogen-bond donors (Lipinski definition) is 1. The van der Waals surface area contributed by atoms with Crippen LogP contribution >= 0.6 is 0 Å². The predicted molar refractivity (Wildman–Crippen MR) is 86.3 cm³/mol. The summed E-state index contributed by atoms with van der Waals surface area (Å²) >= 11 is 0. The number of likely N-dealkylation sites (tertiary alicyclic amines) is 1. The SMILES string of the molecule is Cc1cc(N(C)C)ccc1CN=C(N)N1CCCCC1. The molecule has 4 nitrogen and oxygen atoms in total. The van der Waals surface area contributed by atoms with E-state index in [0.717, 1.165) is 13.1 Å². The first-order valence-corrected chi connectivity index (χ1v) is 7.39. The molecule has 0 aromatic heterocycles. The number of nitrogens with two attached hydrogens (primary N) is 1. The average molecular weight is 274 g/mol. The minimum Gasteiger partial charge on any atom is -0.378 e. The Kier molecular flexibility index (Phi) is 4.88. The van der Waals surface area contributed by atoms with Crippen LogP contribution in [-0.2, 0) is 6.54 Å². The summed E-state index contributed by atoms with van der Waals surface area (Å²) in [7, 11) is 4.11. The van der Waals surface area contributed by atoms with Crippen molar-refractivity contribution in [2.45, 2.75) is 32.7 Å². The van der Waals surface area contributed by atoms with Crippen LogP contribution in [0.4, 0.5) is 5.69 Å². The molecule has 1 aliphatic heterocycles. The van der Waals surface area contributed by atoms with E-state index in [0.29, 0.717) is 12.5 Å². The lowest BCUT2D eigenvalue weighted by molar-refractivity contribution is 0.338. The third-order valence-corrected chi connectivity index (χ3v) is 3.93. The maximum Gasteiger partial charge on any atom is 0.191 e. The monoisotopic (exact) mass is 274 g/mol. The Labute approximate surface area is 122 Å². The summed E-state index contributed by atoms with van der Waals surface area (Å²) < 4.78 is 0. The van der Waals surface area contributed by atoms with Gasteiger partial charge in [-0.3, -0.25) is 0 Å². The van der Waals surface area contributed by atoms with Gasteiger partial charge in [0.25, 0.3) is 0 Å². The zero-order valence-electron chi connectivity index (χ0n) is 12.9. The lowest BCUT2D eigenvalue weighted by Gasteiger charge is -2.27. The number of aryl methyl sites for hydroxylation is 1. The molecule has 1 saturated heterocycles. The van der Waals surface area contributed by atoms with Gasteiger partial charge in [-0.05, 0) is 49.4 Å². The molecule has 0 unspecified atom stereocenters. The van der Waals surface area contributed by atoms with Crippen molar-refractivity contribution < 1.29 is 0 Å². The molecular weight excluding hydrogens is 248 g/mol. The second-order valence-corrected chi connectivity index (χ2v) is 5.73. The van der Waals surface area contributed by atoms with Crippen molar-refractivity contribution in [2.75, 3.05) is 32.1 Å². The van der Waals surface area contributed by atoms with Gasteiger partial charge < -0.3 is 15.5 Å². The molecule has 1 aromatic rings. The Morgan fingerprint density at radius 2 is 1.95 bits per heavy atom. The molecular formula is C16H26N4. The molecule has 110 valence electrons. The van der Waals surface area contributed by atoms with Crippen molar-refractivity contribution in [3.8, 4) is 0 Å². The van der Waals surface area contributed by atoms with E-state index in [2.05, 4.69) is 54.0 Å². The maximum atomic E-state index is 6.09. The van der Waals surface area contributed by atoms with E-state index in [9.17, 15) is 0 Å². The quantitative estimate of drug-likeness (QED) is 0.680. The number of guanidine groups is 1. The third-order valence-electron chi connectivity index (χ3n) is 3.93. The van der Waals surface area contributed by atoms with Crippen LogP contribution in [-0.4, -0.2) is 38.0 Å². The number of aliphatic imine (C=N–C) groups is 1. The largest absolute Gasteiger partial charge is 0.378 e. The van der Waals surface area contributed by atoms with Crippen LogP contribution in [0.2, 0.25) is 0 Å². The minimum atomic E-state index is 0.669. The second-order valence-electron chi connectivity index (χ2n) is 5.73. The molecule has 2 rings (SSSR count). The van der Waals surface area contributed by atoms with Crippen LogP contribution in [0.25, 0.3) is 0 Å². The normalized spacial score (nSPS) is 16.4. The maximum absolute atomic E-state index is 6.09. The first kappa shape index (κ1) is 14.7. The lowest BCUT2D eigenvalue weighted by atomic mass is 10.1. The third kappa shape index (κ3) is 3.65. The highest BCUT2D eigenvalue weighted by Crippen LogP contribution is 2.18. The molecule has 0 amide bonds. The van der Waals surface area contributed by atoms with Crippen LogP contribution in [0.5, 0.6) is 0 Å². The number of piperidine rings is 1. The van der Waals surface area contributed by atoms with Gasteiger partial charge in [0.1, 0.15) is 0 Å². The number of nitrogens with zero attached hydrogens (tertiary/aromatic N) is 3. The molecule has 20 heavy (non-hydrogen) atoms. The van der Waals surface area contributed by atoms with Gasteiger partial charge in [-0.2, -0.15) is 0 Å². The topological polar surface area (TPSA) is 44.9 Å². The summed E-state index contributed by atoms with van der Waals surface area (Å²) in [6.45, 7) is 4.90. The standard InChI is InChI=1S/C16H26N4/c1-13-11-15(19(2)3)8-7-14(13)12-18-16(17)20-9-5-4-6-10-20/h7-8,11H,4-6,9-10,12H2,1-3H3,(H2,17,18). The average Bonchev–Trinajstić information content (AvgIpc) is 2.46. The van der Waals surface area contributed by atoms with Crippen molar-refractivity contribution >= 4 is 11.6 Å². The molecule has 0 aliphatic carbocycles. The molecule has 0 bridgehead atoms. The van der Waals surface area contributed by atoms with Crippen molar-refractivity contribution in [3.05, 3.63) is 29.3 Å². The van der Waals surface area contributed by atoms with Gasteiger partial charge in [-0.1, -0.05) is 6.07 Å². The van der Waals surface area contributed by atoms with Crippen LogP contribution in [0.15, 0.2) is 23.2 Å². The predicted octanol–water partition coefficient (Wildman–Crippen LogP) is 2.36.